The van der Waals surface area contributed by atoms with Gasteiger partial charge in [0, 0.05) is 38.8 Å². The fraction of sp³-hybridized carbons (Fsp3) is 0.778. The van der Waals surface area contributed by atoms with E-state index in [1.165, 1.54) is 4.90 Å². The third-order valence-corrected chi connectivity index (χ3v) is 2.30. The van der Waals surface area contributed by atoms with Crippen LogP contribution < -0.4 is 0 Å². The van der Waals surface area contributed by atoms with E-state index in [2.05, 4.69) is 0 Å². The Morgan fingerprint density at radius 3 is 2.50 bits per heavy atom. The molecule has 0 N–H and O–H groups in total. The first-order valence-corrected chi connectivity index (χ1v) is 4.58. The van der Waals surface area contributed by atoms with Crippen LogP contribution in [0.15, 0.2) is 0 Å². The Balaban J connectivity index is 2.35. The van der Waals surface area contributed by atoms with Gasteiger partial charge in [0.1, 0.15) is 0 Å². The van der Waals surface area contributed by atoms with Crippen molar-refractivity contribution in [1.82, 2.24) is 4.90 Å². The first-order valence-electron chi connectivity index (χ1n) is 4.58. The first-order chi connectivity index (χ1) is 6.55. The monoisotopic (exact) mass is 202 g/mol. The predicted molar refractivity (Wildman–Crippen MR) is 45.6 cm³/mol. The minimum Gasteiger partial charge on any atom is -0.342 e. The van der Waals surface area contributed by atoms with Crippen LogP contribution in [0.25, 0.3) is 0 Å². The number of amides is 1. The summed E-state index contributed by atoms with van der Waals surface area (Å²) in [5.41, 5.74) is 0. The summed E-state index contributed by atoms with van der Waals surface area (Å²) in [5.74, 6) is -2.81. The van der Waals surface area contributed by atoms with Gasteiger partial charge >= 0.3 is 0 Å². The van der Waals surface area contributed by atoms with Gasteiger partial charge in [0.25, 0.3) is 5.92 Å². The number of nitriles is 1. The number of nitrogens with zero attached hydrogens (tertiary/aromatic N) is 2. The molecule has 14 heavy (non-hydrogen) atoms. The average Bonchev–Trinajstić information content (AvgIpc) is 2.14. The molecule has 0 bridgehead atoms. The highest BCUT2D eigenvalue weighted by Crippen LogP contribution is 2.27. The van der Waals surface area contributed by atoms with E-state index < -0.39 is 5.92 Å². The molecule has 1 aliphatic rings. The van der Waals surface area contributed by atoms with Gasteiger partial charge < -0.3 is 4.90 Å². The van der Waals surface area contributed by atoms with Crippen LogP contribution in [-0.4, -0.2) is 29.8 Å². The van der Waals surface area contributed by atoms with Gasteiger partial charge in [-0.15, -0.1) is 0 Å². The second-order valence-corrected chi connectivity index (χ2v) is 3.39. The maximum atomic E-state index is 12.7. The van der Waals surface area contributed by atoms with Crippen LogP contribution in [-0.2, 0) is 4.79 Å². The summed E-state index contributed by atoms with van der Waals surface area (Å²) < 4.78 is 25.4. The van der Waals surface area contributed by atoms with Gasteiger partial charge in [-0.1, -0.05) is 0 Å². The summed E-state index contributed by atoms with van der Waals surface area (Å²) in [6.07, 6.45) is -0.218. The van der Waals surface area contributed by atoms with Crippen molar-refractivity contribution in [1.29, 1.82) is 5.26 Å². The van der Waals surface area contributed by atoms with Crippen molar-refractivity contribution in [2.75, 3.05) is 13.1 Å². The number of carbonyl (C=O) groups is 1. The Bertz CT molecular complexity index is 250. The van der Waals surface area contributed by atoms with Crippen LogP contribution in [0.5, 0.6) is 0 Å². The lowest BCUT2D eigenvalue weighted by atomic mass is 10.1. The van der Waals surface area contributed by atoms with E-state index in [1.807, 2.05) is 6.07 Å². The Morgan fingerprint density at radius 1 is 1.43 bits per heavy atom. The third-order valence-electron chi connectivity index (χ3n) is 2.30. The number of alkyl halides is 2. The summed E-state index contributed by atoms with van der Waals surface area (Å²) >= 11 is 0. The van der Waals surface area contributed by atoms with Crippen LogP contribution >= 0.6 is 0 Å². The normalized spacial score (nSPS) is 20.2. The minimum atomic E-state index is -2.62. The van der Waals surface area contributed by atoms with E-state index in [0.29, 0.717) is 0 Å². The van der Waals surface area contributed by atoms with Crippen molar-refractivity contribution >= 4 is 5.91 Å². The van der Waals surface area contributed by atoms with Gasteiger partial charge in [-0.3, -0.25) is 4.79 Å². The molecular formula is C9H12F2N2O. The van der Waals surface area contributed by atoms with Crippen molar-refractivity contribution in [3.8, 4) is 6.07 Å². The van der Waals surface area contributed by atoms with Crippen molar-refractivity contribution in [2.24, 2.45) is 0 Å². The van der Waals surface area contributed by atoms with Crippen LogP contribution in [0.1, 0.15) is 25.7 Å². The fourth-order valence-corrected chi connectivity index (χ4v) is 1.40. The van der Waals surface area contributed by atoms with Gasteiger partial charge in [0.15, 0.2) is 0 Å². The lowest BCUT2D eigenvalue weighted by Gasteiger charge is -2.31. The SMILES string of the molecule is N#CCCC(=O)N1CCC(F)(F)CC1. The molecule has 0 aromatic carbocycles. The summed E-state index contributed by atoms with van der Waals surface area (Å²) in [7, 11) is 0. The molecule has 0 aromatic rings. The molecule has 0 spiro atoms. The lowest BCUT2D eigenvalue weighted by molar-refractivity contribution is -0.137. The maximum absolute atomic E-state index is 12.7. The van der Waals surface area contributed by atoms with Crippen LogP contribution in [0.2, 0.25) is 0 Å². The van der Waals surface area contributed by atoms with E-state index in [1.54, 1.807) is 0 Å². The molecule has 1 saturated heterocycles. The number of carbonyl (C=O) groups excluding carboxylic acids is 1. The Labute approximate surface area is 81.3 Å². The topological polar surface area (TPSA) is 44.1 Å². The number of likely N-dealkylation sites (tertiary alicyclic amines) is 1. The number of hydrogen-bond donors (Lipinski definition) is 0. The van der Waals surface area contributed by atoms with Crippen molar-refractivity contribution in [2.45, 2.75) is 31.6 Å². The second-order valence-electron chi connectivity index (χ2n) is 3.39. The molecule has 1 rings (SSSR count). The van der Waals surface area contributed by atoms with Gasteiger partial charge in [0.2, 0.25) is 5.91 Å². The van der Waals surface area contributed by atoms with Gasteiger partial charge in [0.05, 0.1) is 6.07 Å². The van der Waals surface area contributed by atoms with Gasteiger partial charge in [-0.2, -0.15) is 5.26 Å². The Hall–Kier alpha value is -1.18. The Kier molecular flexibility index (Phi) is 3.39. The van der Waals surface area contributed by atoms with Crippen LogP contribution in [0.4, 0.5) is 8.78 Å². The quantitative estimate of drug-likeness (QED) is 0.681. The van der Waals surface area contributed by atoms with Crippen molar-refractivity contribution in [3.63, 3.8) is 0 Å². The molecule has 0 radical (unpaired) electrons. The number of piperidine rings is 1. The number of halogens is 2. The fourth-order valence-electron chi connectivity index (χ4n) is 1.40. The molecule has 0 atom stereocenters. The molecule has 1 heterocycles. The molecule has 0 aromatic heterocycles. The summed E-state index contributed by atoms with van der Waals surface area (Å²) in [5, 5.41) is 8.26. The Morgan fingerprint density at radius 2 is 2.00 bits per heavy atom. The smallest absolute Gasteiger partial charge is 0.251 e. The molecule has 3 nitrogen and oxygen atoms in total. The van der Waals surface area contributed by atoms with Gasteiger partial charge in [-0.05, 0) is 0 Å². The third kappa shape index (κ3) is 2.95. The predicted octanol–water partition coefficient (Wildman–Crippen LogP) is 1.55. The van der Waals surface area contributed by atoms with E-state index in [-0.39, 0.29) is 44.7 Å². The molecule has 78 valence electrons. The van der Waals surface area contributed by atoms with E-state index >= 15 is 0 Å². The summed E-state index contributed by atoms with van der Waals surface area (Å²) in [6.45, 7) is 0.217. The molecular weight excluding hydrogens is 190 g/mol. The van der Waals surface area contributed by atoms with E-state index in [4.69, 9.17) is 5.26 Å². The minimum absolute atomic E-state index is 0.108. The summed E-state index contributed by atoms with van der Waals surface area (Å²) in [4.78, 5) is 12.7. The lowest BCUT2D eigenvalue weighted by Crippen LogP contribution is -2.42. The molecule has 1 aliphatic heterocycles. The number of rotatable bonds is 2. The molecule has 0 saturated carbocycles. The highest BCUT2D eigenvalue weighted by Gasteiger charge is 2.35. The molecule has 1 fully saturated rings. The molecule has 5 heteroatoms. The standard InChI is InChI=1S/C9H12F2N2O/c10-9(11)3-6-13(7-4-9)8(14)2-1-5-12/h1-4,6-7H2. The zero-order valence-corrected chi connectivity index (χ0v) is 7.80. The molecule has 0 unspecified atom stereocenters. The largest absolute Gasteiger partial charge is 0.342 e. The molecule has 0 aliphatic carbocycles. The first kappa shape index (κ1) is 10.9. The highest BCUT2D eigenvalue weighted by atomic mass is 19.3. The van der Waals surface area contributed by atoms with E-state index in [9.17, 15) is 13.6 Å². The van der Waals surface area contributed by atoms with Crippen LogP contribution in [0.3, 0.4) is 0 Å². The number of hydrogen-bond acceptors (Lipinski definition) is 2. The summed E-state index contributed by atoms with van der Waals surface area (Å²) in [6, 6.07) is 1.86. The zero-order valence-electron chi connectivity index (χ0n) is 7.80. The highest BCUT2D eigenvalue weighted by molar-refractivity contribution is 5.76. The van der Waals surface area contributed by atoms with Crippen molar-refractivity contribution in [3.05, 3.63) is 0 Å². The average molecular weight is 202 g/mol. The zero-order chi connectivity index (χ0) is 10.6. The van der Waals surface area contributed by atoms with Crippen molar-refractivity contribution < 1.29 is 13.6 Å². The van der Waals surface area contributed by atoms with Gasteiger partial charge in [-0.25, -0.2) is 8.78 Å². The maximum Gasteiger partial charge on any atom is 0.251 e. The van der Waals surface area contributed by atoms with E-state index in [0.717, 1.165) is 0 Å². The van der Waals surface area contributed by atoms with Crippen LogP contribution in [0, 0.1) is 11.3 Å². The molecule has 1 amide bonds. The second kappa shape index (κ2) is 4.36.